The molecule has 16 heavy (non-hydrogen) atoms. The Morgan fingerprint density at radius 3 is 2.50 bits per heavy atom. The van der Waals surface area contributed by atoms with E-state index in [2.05, 4.69) is 36.2 Å². The first-order valence-corrected chi connectivity index (χ1v) is 5.14. The summed E-state index contributed by atoms with van der Waals surface area (Å²) in [6, 6.07) is 1.77. The molecule has 0 radical (unpaired) electrons. The van der Waals surface area contributed by atoms with Gasteiger partial charge in [0.1, 0.15) is 11.6 Å². The fraction of sp³-hybridized carbons (Fsp3) is 0.600. The van der Waals surface area contributed by atoms with E-state index in [4.69, 9.17) is 11.6 Å². The van der Waals surface area contributed by atoms with E-state index in [0.717, 1.165) is 12.4 Å². The van der Waals surface area contributed by atoms with E-state index in [-0.39, 0.29) is 11.4 Å². The van der Waals surface area contributed by atoms with Crippen LogP contribution in [0.25, 0.3) is 0 Å². The molecule has 1 rings (SSSR count). The molecule has 0 aromatic carbocycles. The van der Waals surface area contributed by atoms with Crippen molar-refractivity contribution >= 4 is 17.6 Å². The lowest BCUT2D eigenvalue weighted by atomic mass is 9.96. The predicted octanol–water partition coefficient (Wildman–Crippen LogP) is 0.827. The zero-order chi connectivity index (χ0) is 12.3. The quantitative estimate of drug-likeness (QED) is 0.520. The van der Waals surface area contributed by atoms with Crippen molar-refractivity contribution in [2.45, 2.75) is 20.8 Å². The summed E-state index contributed by atoms with van der Waals surface area (Å²) >= 11 is 0. The van der Waals surface area contributed by atoms with Gasteiger partial charge in [-0.1, -0.05) is 20.8 Å². The molecule has 6 nitrogen and oxygen atoms in total. The minimum atomic E-state index is 0.185. The molecule has 0 bridgehead atoms. The summed E-state index contributed by atoms with van der Waals surface area (Å²) in [6.45, 7) is 7.36. The van der Waals surface area contributed by atoms with Gasteiger partial charge in [-0.05, 0) is 5.41 Å². The maximum atomic E-state index is 5.59. The van der Waals surface area contributed by atoms with Gasteiger partial charge >= 0.3 is 0 Å². The third-order valence-corrected chi connectivity index (χ3v) is 1.98. The molecule has 0 saturated heterocycles. The molecule has 0 saturated carbocycles. The number of rotatable bonds is 3. The molecule has 0 amide bonds. The van der Waals surface area contributed by atoms with Crippen LogP contribution < -0.4 is 21.9 Å². The highest BCUT2D eigenvalue weighted by Crippen LogP contribution is 2.20. The molecule has 1 aromatic heterocycles. The van der Waals surface area contributed by atoms with Gasteiger partial charge in [0, 0.05) is 19.7 Å². The van der Waals surface area contributed by atoms with Crippen LogP contribution in [0.15, 0.2) is 6.07 Å². The van der Waals surface area contributed by atoms with Crippen LogP contribution in [-0.2, 0) is 0 Å². The number of nitrogens with zero attached hydrogens (tertiary/aromatic N) is 3. The van der Waals surface area contributed by atoms with Gasteiger partial charge in [0.2, 0.25) is 5.95 Å². The van der Waals surface area contributed by atoms with Crippen LogP contribution >= 0.6 is 0 Å². The fourth-order valence-electron chi connectivity index (χ4n) is 1.51. The Labute approximate surface area is 96.0 Å². The van der Waals surface area contributed by atoms with Crippen molar-refractivity contribution in [3.63, 3.8) is 0 Å². The minimum absolute atomic E-state index is 0.185. The fourth-order valence-corrected chi connectivity index (χ4v) is 1.51. The second kappa shape index (κ2) is 4.52. The lowest BCUT2D eigenvalue weighted by molar-refractivity contribution is 0.418. The minimum Gasteiger partial charge on any atom is -0.368 e. The van der Waals surface area contributed by atoms with Crippen LogP contribution in [0.3, 0.4) is 0 Å². The van der Waals surface area contributed by atoms with Gasteiger partial charge in [-0.3, -0.25) is 0 Å². The summed E-state index contributed by atoms with van der Waals surface area (Å²) in [4.78, 5) is 10.1. The highest BCUT2D eigenvalue weighted by atomic mass is 15.3. The van der Waals surface area contributed by atoms with Crippen LogP contribution in [0, 0.1) is 5.41 Å². The Bertz CT molecular complexity index is 357. The topological polar surface area (TPSA) is 93.1 Å². The number of aromatic nitrogens is 2. The van der Waals surface area contributed by atoms with Gasteiger partial charge in [-0.2, -0.15) is 9.97 Å². The second-order valence-electron chi connectivity index (χ2n) is 5.03. The number of anilines is 3. The standard InChI is InChI=1S/C10H20N6/c1-10(2,3)6-16(4)8-5-7(15-12)13-9(11)14-8/h5H,6,12H2,1-4H3,(H3,11,13,14,15). The van der Waals surface area contributed by atoms with Crippen molar-refractivity contribution in [3.8, 4) is 0 Å². The lowest BCUT2D eigenvalue weighted by Gasteiger charge is -2.27. The van der Waals surface area contributed by atoms with E-state index in [1.165, 1.54) is 0 Å². The first-order valence-electron chi connectivity index (χ1n) is 5.14. The summed E-state index contributed by atoms with van der Waals surface area (Å²) < 4.78 is 0. The summed E-state index contributed by atoms with van der Waals surface area (Å²) in [5.74, 6) is 6.79. The first-order chi connectivity index (χ1) is 7.31. The average Bonchev–Trinajstić information content (AvgIpc) is 2.14. The van der Waals surface area contributed by atoms with Crippen molar-refractivity contribution in [1.82, 2.24) is 9.97 Å². The van der Waals surface area contributed by atoms with Gasteiger partial charge < -0.3 is 16.1 Å². The van der Waals surface area contributed by atoms with Crippen molar-refractivity contribution in [2.75, 3.05) is 29.7 Å². The molecule has 0 aliphatic rings. The molecule has 0 fully saturated rings. The molecule has 0 atom stereocenters. The van der Waals surface area contributed by atoms with Gasteiger partial charge in [-0.25, -0.2) is 5.84 Å². The number of hydrazine groups is 1. The summed E-state index contributed by atoms with van der Waals surface area (Å²) in [5, 5.41) is 0. The van der Waals surface area contributed by atoms with Crippen LogP contribution in [0.2, 0.25) is 0 Å². The number of nitrogen functional groups attached to an aromatic ring is 2. The molecular formula is C10H20N6. The maximum absolute atomic E-state index is 5.59. The van der Waals surface area contributed by atoms with Crippen molar-refractivity contribution < 1.29 is 0 Å². The molecule has 6 heteroatoms. The smallest absolute Gasteiger partial charge is 0.223 e. The number of nitrogens with one attached hydrogen (secondary N) is 1. The molecule has 1 aromatic rings. The highest BCUT2D eigenvalue weighted by molar-refractivity contribution is 5.51. The average molecular weight is 224 g/mol. The van der Waals surface area contributed by atoms with Crippen molar-refractivity contribution in [1.29, 1.82) is 0 Å². The number of nitrogens with two attached hydrogens (primary N) is 2. The normalized spacial score (nSPS) is 11.3. The van der Waals surface area contributed by atoms with Gasteiger partial charge in [-0.15, -0.1) is 0 Å². The van der Waals surface area contributed by atoms with Crippen LogP contribution in [0.4, 0.5) is 17.6 Å². The first kappa shape index (κ1) is 12.5. The van der Waals surface area contributed by atoms with E-state index in [1.807, 2.05) is 11.9 Å². The molecule has 1 heterocycles. The third kappa shape index (κ3) is 3.54. The number of hydrogen-bond acceptors (Lipinski definition) is 6. The van der Waals surface area contributed by atoms with Gasteiger partial charge in [0.05, 0.1) is 0 Å². The SMILES string of the molecule is CN(CC(C)(C)C)c1cc(NN)nc(N)n1. The summed E-state index contributed by atoms with van der Waals surface area (Å²) in [6.07, 6.45) is 0. The van der Waals surface area contributed by atoms with Crippen molar-refractivity contribution in [3.05, 3.63) is 6.07 Å². The van der Waals surface area contributed by atoms with Crippen LogP contribution in [-0.4, -0.2) is 23.6 Å². The van der Waals surface area contributed by atoms with Crippen LogP contribution in [0.5, 0.6) is 0 Å². The van der Waals surface area contributed by atoms with E-state index in [9.17, 15) is 0 Å². The molecule has 90 valence electrons. The zero-order valence-corrected chi connectivity index (χ0v) is 10.3. The predicted molar refractivity (Wildman–Crippen MR) is 67.0 cm³/mol. The largest absolute Gasteiger partial charge is 0.368 e. The zero-order valence-electron chi connectivity index (χ0n) is 10.3. The Kier molecular flexibility index (Phi) is 3.54. The van der Waals surface area contributed by atoms with E-state index in [0.29, 0.717) is 5.82 Å². The number of hydrogen-bond donors (Lipinski definition) is 3. The molecule has 0 aliphatic carbocycles. The maximum Gasteiger partial charge on any atom is 0.223 e. The second-order valence-corrected chi connectivity index (χ2v) is 5.03. The Hall–Kier alpha value is -1.56. The van der Waals surface area contributed by atoms with Crippen molar-refractivity contribution in [2.24, 2.45) is 11.3 Å². The third-order valence-electron chi connectivity index (χ3n) is 1.98. The highest BCUT2D eigenvalue weighted by Gasteiger charge is 2.15. The summed E-state index contributed by atoms with van der Waals surface area (Å²) in [5.41, 5.74) is 8.25. The molecule has 0 unspecified atom stereocenters. The van der Waals surface area contributed by atoms with Gasteiger partial charge in [0.25, 0.3) is 0 Å². The molecule has 5 N–H and O–H groups in total. The Morgan fingerprint density at radius 1 is 1.38 bits per heavy atom. The molecule has 0 aliphatic heterocycles. The van der Waals surface area contributed by atoms with Gasteiger partial charge in [0.15, 0.2) is 0 Å². The molecule has 0 spiro atoms. The molecular weight excluding hydrogens is 204 g/mol. The summed E-state index contributed by atoms with van der Waals surface area (Å²) in [7, 11) is 1.97. The monoisotopic (exact) mass is 224 g/mol. The van der Waals surface area contributed by atoms with E-state index in [1.54, 1.807) is 6.07 Å². The Morgan fingerprint density at radius 2 is 2.00 bits per heavy atom. The lowest BCUT2D eigenvalue weighted by Crippen LogP contribution is -2.30. The Balaban J connectivity index is 2.90. The van der Waals surface area contributed by atoms with E-state index >= 15 is 0 Å². The van der Waals surface area contributed by atoms with E-state index < -0.39 is 0 Å². The van der Waals surface area contributed by atoms with Crippen LogP contribution in [0.1, 0.15) is 20.8 Å².